The zero-order valence-corrected chi connectivity index (χ0v) is 52.9. The molecule has 0 radical (unpaired) electrons. The van der Waals surface area contributed by atoms with Crippen molar-refractivity contribution in [2.75, 3.05) is 0 Å². The molecule has 18 rings (SSSR count). The topological polar surface area (TPSA) is 83.1 Å². The normalized spacial score (nSPS) is 12.0. The number of hydrogen-bond donors (Lipinski definition) is 0. The molecule has 0 N–H and O–H groups in total. The van der Waals surface area contributed by atoms with Gasteiger partial charge in [-0.1, -0.05) is 297 Å². The molecule has 5 heterocycles. The lowest BCUT2D eigenvalue weighted by atomic mass is 10.1. The molecule has 0 saturated heterocycles. The molecule has 0 aliphatic rings. The minimum absolute atomic E-state index is 0.413. The summed E-state index contributed by atoms with van der Waals surface area (Å²) in [5.74, 6) is 2.69. The Morgan fingerprint density at radius 2 is 0.500 bits per heavy atom. The molecule has 0 aliphatic carbocycles. The molecule has 0 amide bonds. The SMILES string of the molecule is c1ccc(-c2cccc([Si](c3ccccc3)(c3ccccc3)c3cc(-c4nc(-n5c6ccccc6n6c7ccccc7nc56)nc(-n5c6ccccc6n6c7ccccc7nc56)n4)cc([Si](c4ccccc4)(c4ccccc4)c4cccc(-c5ccccc5)c4)c3)c2)cc1. The number of benzene rings is 13. The third kappa shape index (κ3) is 8.63. The highest BCUT2D eigenvalue weighted by molar-refractivity contribution is 7.22. The van der Waals surface area contributed by atoms with Crippen molar-refractivity contribution in [3.63, 3.8) is 0 Å². The highest BCUT2D eigenvalue weighted by atomic mass is 28.3. The van der Waals surface area contributed by atoms with Crippen LogP contribution in [0.3, 0.4) is 0 Å². The van der Waals surface area contributed by atoms with Gasteiger partial charge in [-0.15, -0.1) is 0 Å². The molecule has 0 bridgehead atoms. The summed E-state index contributed by atoms with van der Waals surface area (Å²) < 4.78 is 8.68. The van der Waals surface area contributed by atoms with Crippen molar-refractivity contribution in [2.45, 2.75) is 0 Å². The van der Waals surface area contributed by atoms with Crippen LogP contribution in [0.5, 0.6) is 0 Å². The number of rotatable bonds is 13. The number of fused-ring (bicyclic) bond motifs is 10. The quantitative estimate of drug-likeness (QED) is 0.0848. The van der Waals surface area contributed by atoms with Gasteiger partial charge in [0.25, 0.3) is 0 Å². The predicted octanol–water partition coefficient (Wildman–Crippen LogP) is 13.1. The van der Waals surface area contributed by atoms with E-state index in [0.29, 0.717) is 29.3 Å². The summed E-state index contributed by atoms with van der Waals surface area (Å²) in [5, 5.41) is 9.79. The van der Waals surface area contributed by atoms with Crippen molar-refractivity contribution in [1.29, 1.82) is 0 Å². The van der Waals surface area contributed by atoms with Crippen molar-refractivity contribution in [1.82, 2.24) is 42.9 Å². The zero-order chi connectivity index (χ0) is 62.2. The fourth-order valence-electron chi connectivity index (χ4n) is 14.8. The third-order valence-corrected chi connectivity index (χ3v) is 28.4. The third-order valence-electron chi connectivity index (χ3n) is 18.9. The molecular weight excluding hydrogens is 1180 g/mol. The van der Waals surface area contributed by atoms with Gasteiger partial charge in [0.15, 0.2) is 22.0 Å². The van der Waals surface area contributed by atoms with E-state index in [1.165, 1.54) is 41.5 Å². The molecule has 0 aliphatic heterocycles. The van der Waals surface area contributed by atoms with Gasteiger partial charge in [0.05, 0.1) is 44.1 Å². The van der Waals surface area contributed by atoms with E-state index in [0.717, 1.165) is 72.0 Å². The Morgan fingerprint density at radius 3 is 0.883 bits per heavy atom. The predicted molar refractivity (Wildman–Crippen MR) is 390 cm³/mol. The van der Waals surface area contributed by atoms with Gasteiger partial charge in [-0.3, -0.25) is 8.80 Å². The van der Waals surface area contributed by atoms with Gasteiger partial charge in [-0.05, 0) is 112 Å². The number of imidazole rings is 4. The van der Waals surface area contributed by atoms with Crippen LogP contribution in [0.1, 0.15) is 0 Å². The summed E-state index contributed by atoms with van der Waals surface area (Å²) in [5.41, 5.74) is 12.9. The monoisotopic (exact) mass is 1240 g/mol. The van der Waals surface area contributed by atoms with E-state index >= 15 is 0 Å². The van der Waals surface area contributed by atoms with Crippen LogP contribution in [0.4, 0.5) is 0 Å². The first kappa shape index (κ1) is 54.7. The fraction of sp³-hybridized carbons (Fsp3) is 0. The second kappa shape index (κ2) is 22.4. The van der Waals surface area contributed by atoms with E-state index < -0.39 is 16.1 Å². The highest BCUT2D eigenvalue weighted by Gasteiger charge is 2.47. The molecule has 0 spiro atoms. The van der Waals surface area contributed by atoms with Crippen LogP contribution in [-0.4, -0.2) is 59.0 Å². The van der Waals surface area contributed by atoms with E-state index in [4.69, 9.17) is 24.9 Å². The molecule has 18 aromatic rings. The average molecular weight is 1240 g/mol. The van der Waals surface area contributed by atoms with Crippen LogP contribution in [0.25, 0.3) is 101 Å². The smallest absolute Gasteiger partial charge is 0.242 e. The van der Waals surface area contributed by atoms with Crippen LogP contribution < -0.4 is 41.5 Å². The number of hydrogen-bond acceptors (Lipinski definition) is 5. The lowest BCUT2D eigenvalue weighted by Gasteiger charge is -2.38. The standard InChI is InChI=1S/C83H57N9Si2/c1-7-29-58(30-8-1)60-33-27-43-67(53-60)93(63-35-11-3-12-36-63,64-37-13-4-14-38-64)69-55-62(56-70(57-69)94(65-39-15-5-16-40-65,66-41-17-6-18-42-66)68-44-28-34-61(54-68)59-31-9-2-10-32-59)79-86-80(91-77-51-25-23-49-75(77)89-73-47-21-19-45-71(73)84-82(89)91)88-81(87-79)92-78-52-26-24-50-76(78)90-74-48-22-20-46-72(74)85-83(90)92/h1-57H. The molecule has 11 heteroatoms. The average Bonchev–Trinajstić information content (AvgIpc) is 1.12. The Morgan fingerprint density at radius 1 is 0.202 bits per heavy atom. The molecule has 5 aromatic heterocycles. The largest absolute Gasteiger partial charge is 0.276 e. The van der Waals surface area contributed by atoms with Gasteiger partial charge < -0.3 is 0 Å². The number of nitrogens with zero attached hydrogens (tertiary/aromatic N) is 9. The van der Waals surface area contributed by atoms with Gasteiger partial charge in [0.1, 0.15) is 0 Å². The first-order chi connectivity index (χ1) is 46.6. The van der Waals surface area contributed by atoms with Gasteiger partial charge in [0.2, 0.25) is 23.5 Å². The first-order valence-electron chi connectivity index (χ1n) is 31.8. The number of para-hydroxylation sites is 8. The van der Waals surface area contributed by atoms with Gasteiger partial charge >= 0.3 is 0 Å². The Kier molecular flexibility index (Phi) is 13.0. The van der Waals surface area contributed by atoms with Crippen LogP contribution in [0.2, 0.25) is 0 Å². The summed E-state index contributed by atoms with van der Waals surface area (Å²) in [4.78, 5) is 28.3. The Bertz CT molecular complexity index is 5440. The molecule has 0 atom stereocenters. The maximum Gasteiger partial charge on any atom is 0.242 e. The molecule has 94 heavy (non-hydrogen) atoms. The van der Waals surface area contributed by atoms with Crippen molar-refractivity contribution in [2.24, 2.45) is 0 Å². The summed E-state index contributed by atoms with van der Waals surface area (Å²) in [7, 11) is -7.02. The van der Waals surface area contributed by atoms with E-state index in [1.54, 1.807) is 0 Å². The van der Waals surface area contributed by atoms with E-state index in [1.807, 2.05) is 12.1 Å². The molecule has 13 aromatic carbocycles. The molecule has 0 unspecified atom stereocenters. The highest BCUT2D eigenvalue weighted by Crippen LogP contribution is 2.33. The summed E-state index contributed by atoms with van der Waals surface area (Å²) in [6.07, 6.45) is 0. The molecule has 442 valence electrons. The Hall–Kier alpha value is -12.2. The molecule has 0 saturated carbocycles. The van der Waals surface area contributed by atoms with Crippen LogP contribution in [0, 0.1) is 0 Å². The van der Waals surface area contributed by atoms with Crippen molar-refractivity contribution < 1.29 is 0 Å². The minimum Gasteiger partial charge on any atom is -0.276 e. The second-order valence-corrected chi connectivity index (χ2v) is 31.7. The summed E-state index contributed by atoms with van der Waals surface area (Å²) >= 11 is 0. The zero-order valence-electron chi connectivity index (χ0n) is 50.9. The Labute approximate surface area is 544 Å². The number of aromatic nitrogens is 9. The van der Waals surface area contributed by atoms with Crippen molar-refractivity contribution >= 4 is 113 Å². The Balaban J connectivity index is 1.03. The van der Waals surface area contributed by atoms with Gasteiger partial charge in [-0.2, -0.15) is 15.0 Å². The lowest BCUT2D eigenvalue weighted by molar-refractivity contribution is 0.877. The molecule has 9 nitrogen and oxygen atoms in total. The maximum atomic E-state index is 5.90. The van der Waals surface area contributed by atoms with E-state index in [-0.39, 0.29) is 0 Å². The first-order valence-corrected chi connectivity index (χ1v) is 35.8. The molecular formula is C83H57N9Si2. The summed E-state index contributed by atoms with van der Waals surface area (Å²) in [6.45, 7) is 0. The second-order valence-electron chi connectivity index (χ2n) is 24.0. The minimum atomic E-state index is -3.51. The van der Waals surface area contributed by atoms with Gasteiger partial charge in [-0.25, -0.2) is 19.1 Å². The van der Waals surface area contributed by atoms with Crippen LogP contribution >= 0.6 is 0 Å². The fourth-order valence-corrected chi connectivity index (χ4v) is 24.7. The lowest BCUT2D eigenvalue weighted by Crippen LogP contribution is -2.78. The molecule has 0 fully saturated rings. The van der Waals surface area contributed by atoms with E-state index in [2.05, 4.69) is 352 Å². The van der Waals surface area contributed by atoms with Crippen molar-refractivity contribution in [3.05, 3.63) is 346 Å². The maximum absolute atomic E-state index is 5.90. The van der Waals surface area contributed by atoms with Gasteiger partial charge in [0, 0.05) is 5.56 Å². The summed E-state index contributed by atoms with van der Waals surface area (Å²) in [6, 6.07) is 126. The van der Waals surface area contributed by atoms with Crippen LogP contribution in [-0.2, 0) is 0 Å². The van der Waals surface area contributed by atoms with Crippen molar-refractivity contribution in [3.8, 4) is 45.5 Å². The van der Waals surface area contributed by atoms with Crippen LogP contribution in [0.15, 0.2) is 346 Å². The van der Waals surface area contributed by atoms with E-state index in [9.17, 15) is 0 Å².